The first-order valence-corrected chi connectivity index (χ1v) is 5.77. The molecule has 0 aromatic heterocycles. The molecule has 1 rings (SSSR count). The molecule has 86 valence electrons. The predicted octanol–water partition coefficient (Wildman–Crippen LogP) is 3.88. The molecule has 1 heteroatoms. The van der Waals surface area contributed by atoms with Crippen molar-refractivity contribution in [2.45, 2.75) is 34.1 Å². The number of benzene rings is 1. The molecular formula is C15H20O. The Balaban J connectivity index is 2.79. The smallest absolute Gasteiger partial charge is 0.155 e. The average Bonchev–Trinajstić information content (AvgIpc) is 2.20. The Bertz CT molecular complexity index is 382. The maximum absolute atomic E-state index is 11.1. The number of Topliss-reactive ketones (excluding diaryl/α,β-unsaturated/α-hetero) is 1. The van der Waals surface area contributed by atoms with E-state index < -0.39 is 0 Å². The lowest BCUT2D eigenvalue weighted by atomic mass is 10.0. The molecule has 1 nitrogen and oxygen atoms in total. The molecule has 0 N–H and O–H groups in total. The molecule has 0 atom stereocenters. The van der Waals surface area contributed by atoms with Gasteiger partial charge in [-0.1, -0.05) is 38.1 Å². The maximum atomic E-state index is 11.1. The van der Waals surface area contributed by atoms with Crippen LogP contribution in [0.3, 0.4) is 0 Å². The normalized spacial score (nSPS) is 11.9. The Hall–Kier alpha value is -1.37. The first-order chi connectivity index (χ1) is 7.49. The third kappa shape index (κ3) is 4.01. The van der Waals surface area contributed by atoms with Crippen molar-refractivity contribution in [1.29, 1.82) is 0 Å². The van der Waals surface area contributed by atoms with Crippen molar-refractivity contribution < 1.29 is 4.79 Å². The van der Waals surface area contributed by atoms with E-state index in [4.69, 9.17) is 0 Å². The molecule has 1 aromatic rings. The van der Waals surface area contributed by atoms with Gasteiger partial charge in [-0.3, -0.25) is 4.79 Å². The highest BCUT2D eigenvalue weighted by atomic mass is 16.1. The van der Waals surface area contributed by atoms with Crippen LogP contribution in [-0.2, 0) is 11.2 Å². The van der Waals surface area contributed by atoms with E-state index in [0.717, 1.165) is 17.6 Å². The summed E-state index contributed by atoms with van der Waals surface area (Å²) in [5.74, 6) is 0.812. The molecule has 0 amide bonds. The summed E-state index contributed by atoms with van der Waals surface area (Å²) in [5.41, 5.74) is 3.25. The fourth-order valence-electron chi connectivity index (χ4n) is 1.57. The molecule has 0 saturated heterocycles. The number of allylic oxidation sites excluding steroid dienone is 1. The van der Waals surface area contributed by atoms with Crippen LogP contribution in [0.15, 0.2) is 29.8 Å². The molecule has 0 fully saturated rings. The summed E-state index contributed by atoms with van der Waals surface area (Å²) in [7, 11) is 0. The summed E-state index contributed by atoms with van der Waals surface area (Å²) in [6.07, 6.45) is 3.04. The van der Waals surface area contributed by atoms with E-state index in [1.165, 1.54) is 5.56 Å². The van der Waals surface area contributed by atoms with Gasteiger partial charge < -0.3 is 0 Å². The van der Waals surface area contributed by atoms with Crippen molar-refractivity contribution in [2.75, 3.05) is 0 Å². The lowest BCUT2D eigenvalue weighted by molar-refractivity contribution is -0.113. The second-order valence-electron chi connectivity index (χ2n) is 4.72. The number of carbonyl (C=O) groups is 1. The molecule has 0 aliphatic heterocycles. The van der Waals surface area contributed by atoms with Gasteiger partial charge in [0.05, 0.1) is 0 Å². The van der Waals surface area contributed by atoms with Crippen molar-refractivity contribution in [3.63, 3.8) is 0 Å². The van der Waals surface area contributed by atoms with Crippen LogP contribution in [0.5, 0.6) is 0 Å². The van der Waals surface area contributed by atoms with Crippen LogP contribution in [0.4, 0.5) is 0 Å². The zero-order valence-electron chi connectivity index (χ0n) is 10.6. The van der Waals surface area contributed by atoms with Gasteiger partial charge in [0.1, 0.15) is 0 Å². The molecule has 0 heterocycles. The zero-order chi connectivity index (χ0) is 12.1. The molecule has 1 aromatic carbocycles. The fraction of sp³-hybridized carbons (Fsp3) is 0.400. The van der Waals surface area contributed by atoms with E-state index in [0.29, 0.717) is 5.92 Å². The third-order valence-electron chi connectivity index (χ3n) is 2.56. The zero-order valence-corrected chi connectivity index (χ0v) is 10.6. The summed E-state index contributed by atoms with van der Waals surface area (Å²) in [5, 5.41) is 0. The minimum Gasteiger partial charge on any atom is -0.295 e. The number of carbonyl (C=O) groups excluding carboxylic acids is 1. The Morgan fingerprint density at radius 3 is 2.19 bits per heavy atom. The molecule has 0 aliphatic rings. The van der Waals surface area contributed by atoms with E-state index in [1.807, 2.05) is 13.0 Å². The lowest BCUT2D eigenvalue weighted by Gasteiger charge is -2.05. The molecular weight excluding hydrogens is 196 g/mol. The summed E-state index contributed by atoms with van der Waals surface area (Å²) in [4.78, 5) is 11.1. The summed E-state index contributed by atoms with van der Waals surface area (Å²) >= 11 is 0. The number of hydrogen-bond acceptors (Lipinski definition) is 1. The van der Waals surface area contributed by atoms with Gasteiger partial charge in [0.25, 0.3) is 0 Å². The van der Waals surface area contributed by atoms with Crippen LogP contribution in [0.1, 0.15) is 38.8 Å². The van der Waals surface area contributed by atoms with Crippen LogP contribution in [0.2, 0.25) is 0 Å². The van der Waals surface area contributed by atoms with Gasteiger partial charge in [0.2, 0.25) is 0 Å². The third-order valence-corrected chi connectivity index (χ3v) is 2.56. The first kappa shape index (κ1) is 12.7. The molecule has 0 aliphatic carbocycles. The van der Waals surface area contributed by atoms with Gasteiger partial charge in [0, 0.05) is 0 Å². The largest absolute Gasteiger partial charge is 0.295 e. The van der Waals surface area contributed by atoms with E-state index >= 15 is 0 Å². The maximum Gasteiger partial charge on any atom is 0.155 e. The van der Waals surface area contributed by atoms with E-state index in [-0.39, 0.29) is 5.78 Å². The van der Waals surface area contributed by atoms with Crippen molar-refractivity contribution in [3.05, 3.63) is 41.0 Å². The number of ketones is 1. The molecule has 0 saturated carbocycles. The first-order valence-electron chi connectivity index (χ1n) is 5.77. The van der Waals surface area contributed by atoms with Gasteiger partial charge >= 0.3 is 0 Å². The quantitative estimate of drug-likeness (QED) is 0.698. The topological polar surface area (TPSA) is 17.1 Å². The Labute approximate surface area is 98.2 Å². The Kier molecular flexibility index (Phi) is 4.48. The highest BCUT2D eigenvalue weighted by Gasteiger charge is 1.99. The predicted molar refractivity (Wildman–Crippen MR) is 69.3 cm³/mol. The SMILES string of the molecule is CC(=O)/C(C)=C\c1ccc(CC(C)C)cc1. The van der Waals surface area contributed by atoms with Gasteiger partial charge in [-0.05, 0) is 49.0 Å². The summed E-state index contributed by atoms with van der Waals surface area (Å²) in [6, 6.07) is 8.42. The van der Waals surface area contributed by atoms with Crippen LogP contribution in [0.25, 0.3) is 6.08 Å². The van der Waals surface area contributed by atoms with Crippen LogP contribution < -0.4 is 0 Å². The second-order valence-corrected chi connectivity index (χ2v) is 4.72. The van der Waals surface area contributed by atoms with Gasteiger partial charge in [0.15, 0.2) is 5.78 Å². The number of rotatable bonds is 4. The molecule has 0 unspecified atom stereocenters. The monoisotopic (exact) mass is 216 g/mol. The molecule has 16 heavy (non-hydrogen) atoms. The highest BCUT2D eigenvalue weighted by molar-refractivity contribution is 5.97. The highest BCUT2D eigenvalue weighted by Crippen LogP contribution is 2.12. The second kappa shape index (κ2) is 5.64. The number of hydrogen-bond donors (Lipinski definition) is 0. The minimum absolute atomic E-state index is 0.131. The van der Waals surface area contributed by atoms with E-state index in [9.17, 15) is 4.79 Å². The van der Waals surface area contributed by atoms with E-state index in [1.54, 1.807) is 6.92 Å². The van der Waals surface area contributed by atoms with Crippen LogP contribution in [-0.4, -0.2) is 5.78 Å². The Morgan fingerprint density at radius 2 is 1.75 bits per heavy atom. The lowest BCUT2D eigenvalue weighted by Crippen LogP contribution is -1.94. The average molecular weight is 216 g/mol. The fourth-order valence-corrected chi connectivity index (χ4v) is 1.57. The van der Waals surface area contributed by atoms with Crippen molar-refractivity contribution >= 4 is 11.9 Å². The molecule has 0 radical (unpaired) electrons. The molecule has 0 bridgehead atoms. The van der Waals surface area contributed by atoms with Crippen LogP contribution in [0, 0.1) is 5.92 Å². The van der Waals surface area contributed by atoms with Crippen molar-refractivity contribution in [3.8, 4) is 0 Å². The van der Waals surface area contributed by atoms with Crippen molar-refractivity contribution in [1.82, 2.24) is 0 Å². The standard InChI is InChI=1S/C15H20O/c1-11(2)9-14-5-7-15(8-6-14)10-12(3)13(4)16/h5-8,10-11H,9H2,1-4H3/b12-10-. The Morgan fingerprint density at radius 1 is 1.19 bits per heavy atom. The summed E-state index contributed by atoms with van der Waals surface area (Å²) in [6.45, 7) is 7.88. The summed E-state index contributed by atoms with van der Waals surface area (Å²) < 4.78 is 0. The minimum atomic E-state index is 0.131. The van der Waals surface area contributed by atoms with Gasteiger partial charge in [-0.25, -0.2) is 0 Å². The van der Waals surface area contributed by atoms with Crippen LogP contribution >= 0.6 is 0 Å². The van der Waals surface area contributed by atoms with Gasteiger partial charge in [-0.2, -0.15) is 0 Å². The van der Waals surface area contributed by atoms with E-state index in [2.05, 4.69) is 38.1 Å². The van der Waals surface area contributed by atoms with Crippen molar-refractivity contribution in [2.24, 2.45) is 5.92 Å². The van der Waals surface area contributed by atoms with Gasteiger partial charge in [-0.15, -0.1) is 0 Å². The molecule has 0 spiro atoms.